The summed E-state index contributed by atoms with van der Waals surface area (Å²) in [5.41, 5.74) is 2.95. The smallest absolute Gasteiger partial charge is 0.292 e. The number of aromatic nitrogens is 2. The largest absolute Gasteiger partial charge is 0.471 e. The number of methoxy groups -OCH3 is 1. The predicted octanol–water partition coefficient (Wildman–Crippen LogP) is 5.18. The fourth-order valence-electron chi connectivity index (χ4n) is 1.98. The van der Waals surface area contributed by atoms with Gasteiger partial charge >= 0.3 is 0 Å². The van der Waals surface area contributed by atoms with E-state index in [0.717, 1.165) is 16.8 Å². The number of nitrogens with zero attached hydrogens (tertiary/aromatic N) is 2. The summed E-state index contributed by atoms with van der Waals surface area (Å²) in [7, 11) is 3.21. The van der Waals surface area contributed by atoms with Crippen molar-refractivity contribution < 1.29 is 20.1 Å². The number of hydrogen-bond donors (Lipinski definition) is 1. The maximum Gasteiger partial charge on any atom is 0.292 e. The molecule has 0 saturated heterocycles. The zero-order valence-electron chi connectivity index (χ0n) is 18.3. The predicted molar refractivity (Wildman–Crippen MR) is 120 cm³/mol. The summed E-state index contributed by atoms with van der Waals surface area (Å²) in [6.45, 7) is 8.06. The first kappa shape index (κ1) is 26.5. The number of ether oxygens (including phenoxy) is 1. The molecule has 0 radical (unpaired) electrons. The van der Waals surface area contributed by atoms with Crippen LogP contribution in [0, 0.1) is 19.7 Å². The number of pyridine rings is 1. The van der Waals surface area contributed by atoms with Gasteiger partial charge in [-0.3, -0.25) is 14.6 Å². The molecular formula is C23H32FN3O3. The molecule has 0 fully saturated rings. The number of halogens is 1. The first-order valence-electron chi connectivity index (χ1n) is 9.41. The Morgan fingerprint density at radius 3 is 2.27 bits per heavy atom. The Hall–Kier alpha value is -3.48. The highest BCUT2D eigenvalue weighted by atomic mass is 19.1. The first-order valence-corrected chi connectivity index (χ1v) is 9.41. The summed E-state index contributed by atoms with van der Waals surface area (Å²) >= 11 is 0. The maximum atomic E-state index is 12.6. The molecule has 7 heteroatoms. The second-order valence-corrected chi connectivity index (χ2v) is 5.75. The highest BCUT2D eigenvalue weighted by Crippen LogP contribution is 2.09. The molecule has 2 heterocycles. The summed E-state index contributed by atoms with van der Waals surface area (Å²) < 4.78 is 18.3. The molecule has 0 saturated carbocycles. The van der Waals surface area contributed by atoms with Crippen molar-refractivity contribution in [3.63, 3.8) is 0 Å². The van der Waals surface area contributed by atoms with Crippen molar-refractivity contribution in [1.29, 1.82) is 0 Å². The van der Waals surface area contributed by atoms with Gasteiger partial charge in [0.05, 0.1) is 12.8 Å². The summed E-state index contributed by atoms with van der Waals surface area (Å²) in [6, 6.07) is 12.2. The molecule has 0 bridgehead atoms. The van der Waals surface area contributed by atoms with E-state index in [1.54, 1.807) is 37.4 Å². The first-order chi connectivity index (χ1) is 14.4. The molecule has 0 aliphatic heterocycles. The van der Waals surface area contributed by atoms with E-state index in [1.807, 2.05) is 56.9 Å². The zero-order chi connectivity index (χ0) is 22.9. The second kappa shape index (κ2) is 15.4. The van der Waals surface area contributed by atoms with E-state index in [1.165, 1.54) is 13.2 Å². The molecule has 0 unspecified atom stereocenters. The van der Waals surface area contributed by atoms with Crippen LogP contribution in [0.1, 0.15) is 36.9 Å². The molecule has 1 N–H and O–H groups in total. The number of rotatable bonds is 3. The van der Waals surface area contributed by atoms with Gasteiger partial charge in [0.15, 0.2) is 0 Å². The van der Waals surface area contributed by atoms with Crippen LogP contribution >= 0.6 is 0 Å². The number of amides is 1. The van der Waals surface area contributed by atoms with Gasteiger partial charge in [0.1, 0.15) is 11.5 Å². The van der Waals surface area contributed by atoms with Crippen LogP contribution < -0.4 is 5.32 Å². The molecule has 0 aliphatic carbocycles. The van der Waals surface area contributed by atoms with Gasteiger partial charge < -0.3 is 14.6 Å². The molecule has 0 atom stereocenters. The number of anilines is 1. The highest BCUT2D eigenvalue weighted by Gasteiger charge is 2.06. The lowest BCUT2D eigenvalue weighted by molar-refractivity contribution is -0.126. The summed E-state index contributed by atoms with van der Waals surface area (Å²) in [5.74, 6) is -0.309. The maximum absolute atomic E-state index is 12.6. The minimum absolute atomic E-state index is 0. The molecule has 3 rings (SSSR count). The molecule has 1 amide bonds. The van der Waals surface area contributed by atoms with E-state index in [4.69, 9.17) is 4.79 Å². The molecular weight excluding hydrogens is 385 g/mol. The number of benzene rings is 1. The van der Waals surface area contributed by atoms with Crippen molar-refractivity contribution in [2.24, 2.45) is 7.05 Å². The summed E-state index contributed by atoms with van der Waals surface area (Å²) in [6.07, 6.45) is 5.30. The Morgan fingerprint density at radius 2 is 1.83 bits per heavy atom. The van der Waals surface area contributed by atoms with Gasteiger partial charge in [-0.05, 0) is 49.2 Å². The quantitative estimate of drug-likeness (QED) is 0.596. The molecule has 1 aromatic carbocycles. The average molecular weight is 418 g/mol. The van der Waals surface area contributed by atoms with Gasteiger partial charge in [0.2, 0.25) is 0 Å². The van der Waals surface area contributed by atoms with E-state index in [0.29, 0.717) is 12.2 Å². The minimum atomic E-state index is -0.193. The van der Waals surface area contributed by atoms with Crippen LogP contribution in [-0.4, -0.2) is 29.0 Å². The van der Waals surface area contributed by atoms with Crippen molar-refractivity contribution in [3.05, 3.63) is 83.7 Å². The van der Waals surface area contributed by atoms with Gasteiger partial charge in [0.25, 0.3) is 12.4 Å². The third kappa shape index (κ3) is 10.2. The molecule has 0 spiro atoms. The SMILES string of the molecule is CC.COC=O.Cc1cccc(F)c1C.Cn1ccc(NC(=O)c2ccccn2)c1.[HH]. The lowest BCUT2D eigenvalue weighted by atomic mass is 10.1. The van der Waals surface area contributed by atoms with Crippen LogP contribution in [0.3, 0.4) is 0 Å². The Balaban J connectivity index is 0. The zero-order valence-corrected chi connectivity index (χ0v) is 18.3. The summed E-state index contributed by atoms with van der Waals surface area (Å²) in [4.78, 5) is 24.6. The van der Waals surface area contributed by atoms with E-state index in [-0.39, 0.29) is 13.2 Å². The normalized spacial score (nSPS) is 8.77. The minimum Gasteiger partial charge on any atom is -0.471 e. The number of hydrogen-bond acceptors (Lipinski definition) is 4. The average Bonchev–Trinajstić information content (AvgIpc) is 3.19. The Morgan fingerprint density at radius 1 is 1.17 bits per heavy atom. The van der Waals surface area contributed by atoms with Crippen molar-refractivity contribution in [2.75, 3.05) is 12.4 Å². The third-order valence-electron chi connectivity index (χ3n) is 3.62. The number of carbonyl (C=O) groups excluding carboxylic acids is 2. The van der Waals surface area contributed by atoms with Crippen LogP contribution in [0.2, 0.25) is 0 Å². The van der Waals surface area contributed by atoms with Gasteiger partial charge in [-0.15, -0.1) is 0 Å². The van der Waals surface area contributed by atoms with Gasteiger partial charge in [-0.25, -0.2) is 4.39 Å². The van der Waals surface area contributed by atoms with E-state index < -0.39 is 0 Å². The fraction of sp³-hybridized carbons (Fsp3) is 0.261. The Bertz CT molecular complexity index is 867. The molecule has 30 heavy (non-hydrogen) atoms. The second-order valence-electron chi connectivity index (χ2n) is 5.75. The lowest BCUT2D eigenvalue weighted by Crippen LogP contribution is -2.12. The topological polar surface area (TPSA) is 73.2 Å². The van der Waals surface area contributed by atoms with Crippen LogP contribution in [0.4, 0.5) is 10.1 Å². The van der Waals surface area contributed by atoms with Crippen LogP contribution in [0.25, 0.3) is 0 Å². The van der Waals surface area contributed by atoms with Crippen molar-refractivity contribution >= 4 is 18.1 Å². The number of carbonyl (C=O) groups is 2. The van der Waals surface area contributed by atoms with Crippen LogP contribution in [0.5, 0.6) is 0 Å². The van der Waals surface area contributed by atoms with Gasteiger partial charge in [0, 0.05) is 27.1 Å². The molecule has 164 valence electrons. The molecule has 2 aromatic heterocycles. The highest BCUT2D eigenvalue weighted by molar-refractivity contribution is 6.02. The summed E-state index contributed by atoms with van der Waals surface area (Å²) in [5, 5.41) is 2.76. The molecule has 0 aliphatic rings. The van der Waals surface area contributed by atoms with Crippen LogP contribution in [0.15, 0.2) is 61.1 Å². The van der Waals surface area contributed by atoms with Crippen molar-refractivity contribution in [2.45, 2.75) is 27.7 Å². The Kier molecular flexibility index (Phi) is 13.7. The lowest BCUT2D eigenvalue weighted by Gasteiger charge is -2.00. The Labute approximate surface area is 179 Å². The fourth-order valence-corrected chi connectivity index (χ4v) is 1.98. The number of nitrogens with one attached hydrogen (secondary N) is 1. The van der Waals surface area contributed by atoms with Crippen molar-refractivity contribution in [1.82, 2.24) is 9.55 Å². The van der Waals surface area contributed by atoms with Gasteiger partial charge in [-0.2, -0.15) is 0 Å². The van der Waals surface area contributed by atoms with Gasteiger partial charge in [-0.1, -0.05) is 32.0 Å². The standard InChI is InChI=1S/C11H11N3O.C8H9F.C2H4O2.C2H6.H2/c1-14-7-5-9(8-14)13-11(15)10-4-2-3-6-12-10;1-6-4-3-5-8(9)7(6)2;1-4-2-3;1-2;/h2-8H,1H3,(H,13,15);3-5H,1-2H3;2H,1H3;1-2H3;1H. The number of aryl methyl sites for hydroxylation is 2. The van der Waals surface area contributed by atoms with E-state index in [2.05, 4.69) is 15.0 Å². The van der Waals surface area contributed by atoms with Crippen LogP contribution in [-0.2, 0) is 16.6 Å². The molecule has 6 nitrogen and oxygen atoms in total. The monoisotopic (exact) mass is 417 g/mol. The van der Waals surface area contributed by atoms with Crippen molar-refractivity contribution in [3.8, 4) is 0 Å². The molecule has 3 aromatic rings. The van der Waals surface area contributed by atoms with E-state index in [9.17, 15) is 9.18 Å². The van der Waals surface area contributed by atoms with E-state index >= 15 is 0 Å². The third-order valence-corrected chi connectivity index (χ3v) is 3.62.